The number of methoxy groups -OCH3 is 4. The summed E-state index contributed by atoms with van der Waals surface area (Å²) in [5.41, 5.74) is 23.3. The van der Waals surface area contributed by atoms with Gasteiger partial charge in [-0.25, -0.2) is 0 Å². The van der Waals surface area contributed by atoms with Crippen LogP contribution in [-0.4, -0.2) is 32.7 Å². The topological polar surface area (TPSA) is 36.9 Å². The van der Waals surface area contributed by atoms with Gasteiger partial charge in [0.25, 0.3) is 0 Å². The van der Waals surface area contributed by atoms with Crippen molar-refractivity contribution in [3.63, 3.8) is 0 Å². The van der Waals surface area contributed by atoms with Gasteiger partial charge in [0.1, 0.15) is 23.0 Å². The molecule has 4 nitrogen and oxygen atoms in total. The Morgan fingerprint density at radius 2 is 0.464 bits per heavy atom. The summed E-state index contributed by atoms with van der Waals surface area (Å²) in [7, 11) is 6.96. The zero-order chi connectivity index (χ0) is 50.2. The average Bonchev–Trinajstić information content (AvgIpc) is 3.27. The monoisotopic (exact) mass is 976 g/mol. The zero-order valence-corrected chi connectivity index (χ0v) is 44.9. The number of hydrogen-bond donors (Lipinski definition) is 0. The van der Waals surface area contributed by atoms with Crippen molar-refractivity contribution in [3.05, 3.63) is 164 Å². The number of ether oxygens (including phenoxy) is 4. The lowest BCUT2D eigenvalue weighted by Crippen LogP contribution is -2.00. The van der Waals surface area contributed by atoms with E-state index in [0.717, 1.165) is 23.0 Å². The predicted molar refractivity (Wildman–Crippen MR) is 298 cm³/mol. The molecule has 9 aromatic rings. The van der Waals surface area contributed by atoms with Crippen LogP contribution >= 0.6 is 34.8 Å². The zero-order valence-electron chi connectivity index (χ0n) is 42.7. The van der Waals surface area contributed by atoms with Gasteiger partial charge in [-0.15, -0.1) is 0 Å². The van der Waals surface area contributed by atoms with Crippen molar-refractivity contribution >= 4 is 67.1 Å². The highest BCUT2D eigenvalue weighted by Gasteiger charge is 2.25. The summed E-state index contributed by atoms with van der Waals surface area (Å²) in [6.45, 7) is 24.0. The van der Waals surface area contributed by atoms with Gasteiger partial charge >= 0.3 is 0 Å². The fraction of sp³-hybridized carbons (Fsp3) is 0.258. The number of rotatable bonds is 8. The molecule has 0 aliphatic rings. The van der Waals surface area contributed by atoms with E-state index in [0.29, 0.717) is 0 Å². The van der Waals surface area contributed by atoms with Crippen LogP contribution in [0.3, 0.4) is 0 Å². The molecule has 9 rings (SSSR count). The molecule has 7 heteroatoms. The first-order valence-corrected chi connectivity index (χ1v) is 24.5. The lowest BCUT2D eigenvalue weighted by Gasteiger charge is -2.25. The van der Waals surface area contributed by atoms with E-state index >= 15 is 0 Å². The molecule has 0 saturated carbocycles. The number of aryl methyl sites for hydroxylation is 11. The molecule has 0 atom stereocenters. The average molecular weight is 979 g/mol. The van der Waals surface area contributed by atoms with Crippen molar-refractivity contribution in [3.8, 4) is 67.5 Å². The number of alkyl halides is 3. The Hall–Kier alpha value is -5.91. The molecule has 0 saturated heterocycles. The summed E-state index contributed by atoms with van der Waals surface area (Å²) >= 11 is 14.4. The first kappa shape index (κ1) is 51.0. The fourth-order valence-electron chi connectivity index (χ4n) is 10.9. The molecule has 69 heavy (non-hydrogen) atoms. The lowest BCUT2D eigenvalue weighted by molar-refractivity contribution is 0.414. The second kappa shape index (κ2) is 21.0. The minimum atomic E-state index is -0.750. The van der Waals surface area contributed by atoms with Crippen molar-refractivity contribution in [2.24, 2.45) is 0 Å². The van der Waals surface area contributed by atoms with Crippen molar-refractivity contribution in [2.45, 2.75) is 80.5 Å². The molecule has 0 aliphatic carbocycles. The summed E-state index contributed by atoms with van der Waals surface area (Å²) in [6.07, 6.45) is 0. The second-order valence-electron chi connectivity index (χ2n) is 18.5. The molecule has 9 aromatic carbocycles. The molecule has 0 radical (unpaired) electrons. The van der Waals surface area contributed by atoms with Gasteiger partial charge in [0.15, 0.2) is 4.30 Å². The van der Waals surface area contributed by atoms with Crippen LogP contribution in [0, 0.1) is 76.2 Å². The van der Waals surface area contributed by atoms with Crippen molar-refractivity contribution in [1.82, 2.24) is 0 Å². The van der Waals surface area contributed by atoms with Crippen LogP contribution in [0.5, 0.6) is 23.0 Å². The summed E-state index contributed by atoms with van der Waals surface area (Å²) in [6, 6.07) is 38.1. The SMILES string of the molecule is COc1cc(C)c(-c2cc(-c3c(C)cc(OC)cc3C)c3ccc4c(-c5c(C)cc(OC)cc5C)cc(-c5c(C)cc(OC)cc5C)c5ccc2c3c54)c(C)c1.Cc1cc(C)cc(C)c1.ClC(Cl)Cl. The Morgan fingerprint density at radius 1 is 0.290 bits per heavy atom. The summed E-state index contributed by atoms with van der Waals surface area (Å²) in [5, 5.41) is 7.47. The van der Waals surface area contributed by atoms with Gasteiger partial charge in [0.2, 0.25) is 0 Å². The molecule has 0 N–H and O–H groups in total. The first-order valence-electron chi connectivity index (χ1n) is 23.2. The lowest BCUT2D eigenvalue weighted by atomic mass is 9.79. The van der Waals surface area contributed by atoms with E-state index in [-0.39, 0.29) is 0 Å². The molecule has 0 amide bonds. The van der Waals surface area contributed by atoms with Gasteiger partial charge in [-0.1, -0.05) is 94.0 Å². The molecule has 0 heterocycles. The van der Waals surface area contributed by atoms with Crippen LogP contribution < -0.4 is 18.9 Å². The molecular weight excluding hydrogens is 915 g/mol. The number of halogens is 3. The van der Waals surface area contributed by atoms with Crippen molar-refractivity contribution in [1.29, 1.82) is 0 Å². The maximum absolute atomic E-state index is 5.74. The summed E-state index contributed by atoms with van der Waals surface area (Å²) < 4.78 is 22.2. The molecule has 0 aliphatic heterocycles. The third kappa shape index (κ3) is 10.2. The maximum Gasteiger partial charge on any atom is 0.180 e. The molecular formula is C62H63Cl3O4. The quantitative estimate of drug-likeness (QED) is 0.112. The first-order chi connectivity index (χ1) is 32.8. The molecule has 356 valence electrons. The molecule has 0 fully saturated rings. The van der Waals surface area contributed by atoms with Crippen LogP contribution in [-0.2, 0) is 0 Å². The van der Waals surface area contributed by atoms with Crippen LogP contribution in [0.2, 0.25) is 0 Å². The molecule has 0 bridgehead atoms. The van der Waals surface area contributed by atoms with E-state index in [2.05, 4.69) is 179 Å². The van der Waals surface area contributed by atoms with Crippen LogP contribution in [0.15, 0.2) is 103 Å². The van der Waals surface area contributed by atoms with Gasteiger partial charge in [0.05, 0.1) is 28.4 Å². The van der Waals surface area contributed by atoms with Gasteiger partial charge in [0, 0.05) is 0 Å². The highest BCUT2D eigenvalue weighted by molar-refractivity contribution is 6.63. The van der Waals surface area contributed by atoms with Gasteiger partial charge in [-0.05, 0) is 258 Å². The molecule has 0 aromatic heterocycles. The smallest absolute Gasteiger partial charge is 0.180 e. The van der Waals surface area contributed by atoms with Gasteiger partial charge < -0.3 is 18.9 Å². The van der Waals surface area contributed by atoms with E-state index < -0.39 is 4.30 Å². The third-order valence-electron chi connectivity index (χ3n) is 13.3. The van der Waals surface area contributed by atoms with E-state index in [1.165, 1.54) is 138 Å². The second-order valence-corrected chi connectivity index (χ2v) is 20.5. The minimum absolute atomic E-state index is 0.750. The Labute approximate surface area is 424 Å². The van der Waals surface area contributed by atoms with Crippen molar-refractivity contribution in [2.75, 3.05) is 28.4 Å². The predicted octanol–water partition coefficient (Wildman–Crippen LogP) is 18.4. The Balaban J connectivity index is 0.000000473. The van der Waals surface area contributed by atoms with Gasteiger partial charge in [-0.3, -0.25) is 0 Å². The molecule has 0 unspecified atom stereocenters. The van der Waals surface area contributed by atoms with Crippen LogP contribution in [0.1, 0.15) is 61.2 Å². The van der Waals surface area contributed by atoms with Crippen LogP contribution in [0.4, 0.5) is 0 Å². The Morgan fingerprint density at radius 3 is 0.623 bits per heavy atom. The Kier molecular flexibility index (Phi) is 15.5. The van der Waals surface area contributed by atoms with Crippen molar-refractivity contribution < 1.29 is 18.9 Å². The van der Waals surface area contributed by atoms with Gasteiger partial charge in [-0.2, -0.15) is 0 Å². The number of hydrogen-bond acceptors (Lipinski definition) is 4. The standard InChI is InChI=1S/C52H50O4.C9H12.CHCl3/c1-27-17-35(53-9)18-28(2)47(27)43-25-44(48-29(3)19-36(54-10)20-30(48)4)40-15-16-42-46(50-33(7)23-38(56-12)24-34(50)8)26-45(41-14-13-39(43)51(40)52(41)42)49-31(5)21-37(55-11)22-32(49)6;1-7-4-8(2)6-9(3)5-7;2-1(3)4/h13-26H,1-12H3;4-6H,1-3H3;1H. The van der Waals surface area contributed by atoms with E-state index in [1.54, 1.807) is 28.4 Å². The maximum atomic E-state index is 5.74. The van der Waals surface area contributed by atoms with E-state index in [4.69, 9.17) is 53.8 Å². The molecule has 0 spiro atoms. The van der Waals surface area contributed by atoms with E-state index in [1.807, 2.05) is 0 Å². The highest BCUT2D eigenvalue weighted by Crippen LogP contribution is 2.51. The fourth-order valence-corrected chi connectivity index (χ4v) is 10.9. The van der Waals surface area contributed by atoms with E-state index in [9.17, 15) is 0 Å². The number of benzene rings is 9. The minimum Gasteiger partial charge on any atom is -0.497 e. The normalized spacial score (nSPS) is 11.2. The highest BCUT2D eigenvalue weighted by atomic mass is 35.6. The third-order valence-corrected chi connectivity index (χ3v) is 13.3. The summed E-state index contributed by atoms with van der Waals surface area (Å²) in [5.74, 6) is 3.48. The Bertz CT molecular complexity index is 2850. The largest absolute Gasteiger partial charge is 0.497 e. The van der Waals surface area contributed by atoms with Crippen LogP contribution in [0.25, 0.3) is 76.8 Å². The summed E-state index contributed by atoms with van der Waals surface area (Å²) in [4.78, 5) is 0.